The van der Waals surface area contributed by atoms with Crippen molar-refractivity contribution >= 4 is 19.7 Å². The molecule has 0 aromatic rings. The van der Waals surface area contributed by atoms with Gasteiger partial charge in [-0.3, -0.25) is 18.6 Å². The lowest BCUT2D eigenvalue weighted by atomic mass is 10.1. The highest BCUT2D eigenvalue weighted by atomic mass is 31.2. The van der Waals surface area contributed by atoms with Crippen LogP contribution in [-0.4, -0.2) is 54.3 Å². The minimum Gasteiger partial charge on any atom is -0.463 e. The molecule has 0 bridgehead atoms. The molecule has 286 valence electrons. The van der Waals surface area contributed by atoms with Gasteiger partial charge in [0.15, 0.2) is 0 Å². The fourth-order valence-corrected chi connectivity index (χ4v) is 5.85. The van der Waals surface area contributed by atoms with Crippen LogP contribution in [0.2, 0.25) is 0 Å². The molecule has 10 heteroatoms. The van der Waals surface area contributed by atoms with Gasteiger partial charge in [0, 0.05) is 19.4 Å². The summed E-state index contributed by atoms with van der Waals surface area (Å²) in [4.78, 5) is 33.6. The summed E-state index contributed by atoms with van der Waals surface area (Å²) in [7, 11) is -4.41. The van der Waals surface area contributed by atoms with Gasteiger partial charge in [0.25, 0.3) is 0 Å². The van der Waals surface area contributed by atoms with Crippen LogP contribution in [0.15, 0.2) is 36.5 Å². The Hall–Kier alpha value is -1.77. The summed E-state index contributed by atoms with van der Waals surface area (Å²) in [6.45, 7) is 3.45. The molecule has 0 aromatic carbocycles. The predicted octanol–water partition coefficient (Wildman–Crippen LogP) is 10.2. The molecule has 0 saturated heterocycles. The zero-order valence-electron chi connectivity index (χ0n) is 31.1. The highest BCUT2D eigenvalue weighted by Gasteiger charge is 2.23. The number of phosphoric acid groups is 1. The van der Waals surface area contributed by atoms with Crippen LogP contribution in [0.3, 0.4) is 0 Å². The second-order valence-corrected chi connectivity index (χ2v) is 14.4. The van der Waals surface area contributed by atoms with Crippen molar-refractivity contribution in [3.8, 4) is 0 Å². The number of aliphatic hydroxyl groups is 1. The number of esters is 1. The maximum absolute atomic E-state index is 12.0. The Labute approximate surface area is 299 Å². The van der Waals surface area contributed by atoms with Crippen LogP contribution >= 0.6 is 7.82 Å². The molecule has 3 N–H and O–H groups in total. The van der Waals surface area contributed by atoms with Gasteiger partial charge in [-0.2, -0.15) is 0 Å². The molecule has 0 fully saturated rings. The van der Waals surface area contributed by atoms with Gasteiger partial charge in [-0.15, -0.1) is 0 Å². The molecule has 0 aromatic heterocycles. The third-order valence-corrected chi connectivity index (χ3v) is 9.06. The summed E-state index contributed by atoms with van der Waals surface area (Å²) in [5.41, 5.74) is 0. The molecule has 0 aliphatic carbocycles. The van der Waals surface area contributed by atoms with Crippen LogP contribution in [0.1, 0.15) is 168 Å². The fraction of sp³-hybridized carbons (Fsp3) is 0.795. The zero-order chi connectivity index (χ0) is 36.1. The van der Waals surface area contributed by atoms with E-state index in [2.05, 4.69) is 55.6 Å². The number of carbonyl (C=O) groups is 2. The van der Waals surface area contributed by atoms with Gasteiger partial charge < -0.3 is 20.1 Å². The number of aliphatic hydroxyl groups excluding tert-OH is 1. The number of unbranched alkanes of at least 4 members (excludes halogenated alkanes) is 17. The minimum atomic E-state index is -4.41. The van der Waals surface area contributed by atoms with E-state index in [0.717, 1.165) is 57.8 Å². The largest absolute Gasteiger partial charge is 0.472 e. The average Bonchev–Trinajstić information content (AvgIpc) is 3.08. The smallest absolute Gasteiger partial charge is 0.463 e. The number of nitrogens with one attached hydrogen (secondary N) is 1. The number of carbonyl (C=O) groups excluding carboxylic acids is 2. The number of rotatable bonds is 36. The molecule has 0 radical (unpaired) electrons. The first-order valence-electron chi connectivity index (χ1n) is 19.5. The van der Waals surface area contributed by atoms with Gasteiger partial charge in [-0.25, -0.2) is 4.57 Å². The third kappa shape index (κ3) is 37.3. The lowest BCUT2D eigenvalue weighted by Gasteiger charge is -2.15. The molecule has 9 nitrogen and oxygen atoms in total. The van der Waals surface area contributed by atoms with Crippen LogP contribution in [0.4, 0.5) is 0 Å². The number of hydrogen-bond donors (Lipinski definition) is 3. The van der Waals surface area contributed by atoms with Crippen LogP contribution < -0.4 is 5.32 Å². The Morgan fingerprint density at radius 2 is 1.10 bits per heavy atom. The number of amides is 1. The van der Waals surface area contributed by atoms with E-state index in [1.165, 1.54) is 83.5 Å². The van der Waals surface area contributed by atoms with Crippen LogP contribution in [0.25, 0.3) is 0 Å². The van der Waals surface area contributed by atoms with E-state index in [9.17, 15) is 24.2 Å². The molecule has 0 heterocycles. The standard InChI is InChI=1S/C39H72NO8P/c1-3-5-7-9-11-12-13-14-15-16-17-18-19-20-21-22-23-24-26-27-29-31-38(42)40-33-34-47-49(44,45)48-36-37(41)35-46-39(43)32-30-28-25-10-8-6-4-2/h11-12,14-15,17-18,37,41H,3-10,13,16,19-36H2,1-2H3,(H,40,42)(H,44,45)/b12-11-,15-14-,18-17-. The first kappa shape index (κ1) is 47.2. The fourth-order valence-electron chi connectivity index (χ4n) is 5.09. The van der Waals surface area contributed by atoms with Crippen molar-refractivity contribution in [1.29, 1.82) is 0 Å². The first-order valence-corrected chi connectivity index (χ1v) is 21.0. The Balaban J connectivity index is 3.60. The summed E-state index contributed by atoms with van der Waals surface area (Å²) in [6, 6.07) is 0. The van der Waals surface area contributed by atoms with E-state index < -0.39 is 26.5 Å². The van der Waals surface area contributed by atoms with Crippen LogP contribution in [-0.2, 0) is 27.9 Å². The molecular weight excluding hydrogens is 641 g/mol. The number of hydrogen-bond acceptors (Lipinski definition) is 7. The Morgan fingerprint density at radius 3 is 1.69 bits per heavy atom. The Kier molecular flexibility index (Phi) is 34.7. The van der Waals surface area contributed by atoms with Gasteiger partial charge in [-0.1, -0.05) is 140 Å². The summed E-state index contributed by atoms with van der Waals surface area (Å²) in [5.74, 6) is -0.531. The highest BCUT2D eigenvalue weighted by Crippen LogP contribution is 2.42. The second-order valence-electron chi connectivity index (χ2n) is 12.9. The molecule has 2 atom stereocenters. The zero-order valence-corrected chi connectivity index (χ0v) is 32.0. The summed E-state index contributed by atoms with van der Waals surface area (Å²) in [5, 5.41) is 12.6. The summed E-state index contributed by atoms with van der Waals surface area (Å²) < 4.78 is 26.7. The highest BCUT2D eigenvalue weighted by molar-refractivity contribution is 7.47. The van der Waals surface area contributed by atoms with Crippen molar-refractivity contribution in [2.45, 2.75) is 174 Å². The molecule has 0 spiro atoms. The number of ether oxygens (including phenoxy) is 1. The normalized spacial score (nSPS) is 13.8. The van der Waals surface area contributed by atoms with Crippen LogP contribution in [0.5, 0.6) is 0 Å². The summed E-state index contributed by atoms with van der Waals surface area (Å²) in [6.07, 6.45) is 38.1. The molecule has 2 unspecified atom stereocenters. The van der Waals surface area contributed by atoms with E-state index in [4.69, 9.17) is 13.8 Å². The van der Waals surface area contributed by atoms with E-state index in [0.29, 0.717) is 6.42 Å². The second kappa shape index (κ2) is 36.0. The third-order valence-electron chi connectivity index (χ3n) is 8.07. The monoisotopic (exact) mass is 713 g/mol. The average molecular weight is 714 g/mol. The molecule has 0 rings (SSSR count). The van der Waals surface area contributed by atoms with Gasteiger partial charge in [-0.05, 0) is 51.4 Å². The van der Waals surface area contributed by atoms with Crippen molar-refractivity contribution in [3.05, 3.63) is 36.5 Å². The molecule has 0 saturated carbocycles. The van der Waals surface area contributed by atoms with Crippen molar-refractivity contribution in [3.63, 3.8) is 0 Å². The first-order chi connectivity index (χ1) is 23.8. The lowest BCUT2D eigenvalue weighted by molar-refractivity contribution is -0.147. The van der Waals surface area contributed by atoms with E-state index >= 15 is 0 Å². The van der Waals surface area contributed by atoms with Crippen molar-refractivity contribution in [1.82, 2.24) is 5.32 Å². The molecule has 49 heavy (non-hydrogen) atoms. The quantitative estimate of drug-likeness (QED) is 0.0253. The van der Waals surface area contributed by atoms with Crippen molar-refractivity contribution in [2.75, 3.05) is 26.4 Å². The van der Waals surface area contributed by atoms with E-state index in [-0.39, 0.29) is 32.1 Å². The van der Waals surface area contributed by atoms with Gasteiger partial charge in [0.2, 0.25) is 5.91 Å². The maximum atomic E-state index is 12.0. The molecule has 0 aliphatic heterocycles. The molecule has 0 aliphatic rings. The number of phosphoric ester groups is 1. The number of allylic oxidation sites excluding steroid dienone is 6. The maximum Gasteiger partial charge on any atom is 0.472 e. The Morgan fingerprint density at radius 1 is 0.633 bits per heavy atom. The topological polar surface area (TPSA) is 131 Å². The molecular formula is C39H72NO8P. The van der Waals surface area contributed by atoms with Crippen molar-refractivity contribution in [2.24, 2.45) is 0 Å². The van der Waals surface area contributed by atoms with Crippen molar-refractivity contribution < 1.29 is 37.9 Å². The lowest BCUT2D eigenvalue weighted by Crippen LogP contribution is -2.27. The minimum absolute atomic E-state index is 0.0776. The van der Waals surface area contributed by atoms with Crippen LogP contribution in [0, 0.1) is 0 Å². The summed E-state index contributed by atoms with van der Waals surface area (Å²) >= 11 is 0. The predicted molar refractivity (Wildman–Crippen MR) is 201 cm³/mol. The van der Waals surface area contributed by atoms with Gasteiger partial charge in [0.05, 0.1) is 13.2 Å². The van der Waals surface area contributed by atoms with Gasteiger partial charge >= 0.3 is 13.8 Å². The van der Waals surface area contributed by atoms with Gasteiger partial charge in [0.1, 0.15) is 12.7 Å². The SMILES string of the molecule is CCCCC/C=C\C/C=C\C/C=C\CCCCCCCCCCC(=O)NCCOP(=O)(O)OCC(O)COC(=O)CCCCCCCCC. The molecule has 1 amide bonds. The van der Waals surface area contributed by atoms with E-state index in [1.54, 1.807) is 0 Å². The Bertz CT molecular complexity index is 907. The van der Waals surface area contributed by atoms with E-state index in [1.807, 2.05) is 0 Å².